The van der Waals surface area contributed by atoms with Gasteiger partial charge in [0.25, 0.3) is 12.4 Å². The first-order valence-electron chi connectivity index (χ1n) is 8.37. The highest BCUT2D eigenvalue weighted by Crippen LogP contribution is 2.22. The number of benzene rings is 2. The standard InChI is InChI=1S/C21H20N2O3/c1-17(26-16-24)22-14-8-13-20(22)21(25)23(19-11-6-3-7-12-19)15-18-9-4-2-5-10-18/h2-14,16-17H,15H2,1H3. The van der Waals surface area contributed by atoms with Gasteiger partial charge in [0, 0.05) is 11.9 Å². The van der Waals surface area contributed by atoms with E-state index < -0.39 is 6.23 Å². The van der Waals surface area contributed by atoms with Gasteiger partial charge in [0.2, 0.25) is 0 Å². The maximum atomic E-state index is 13.3. The van der Waals surface area contributed by atoms with Crippen LogP contribution in [0.2, 0.25) is 0 Å². The lowest BCUT2D eigenvalue weighted by Crippen LogP contribution is -2.32. The largest absolute Gasteiger partial charge is 0.444 e. The van der Waals surface area contributed by atoms with Crippen LogP contribution in [0.15, 0.2) is 79.0 Å². The van der Waals surface area contributed by atoms with Gasteiger partial charge in [0.1, 0.15) is 5.69 Å². The van der Waals surface area contributed by atoms with Crippen molar-refractivity contribution < 1.29 is 14.3 Å². The molecule has 3 aromatic rings. The van der Waals surface area contributed by atoms with Crippen LogP contribution in [0.4, 0.5) is 5.69 Å². The molecule has 1 unspecified atom stereocenters. The molecule has 132 valence electrons. The van der Waals surface area contributed by atoms with Gasteiger partial charge in [-0.3, -0.25) is 9.59 Å². The summed E-state index contributed by atoms with van der Waals surface area (Å²) in [4.78, 5) is 25.7. The van der Waals surface area contributed by atoms with E-state index >= 15 is 0 Å². The maximum absolute atomic E-state index is 13.3. The van der Waals surface area contributed by atoms with E-state index in [9.17, 15) is 9.59 Å². The molecule has 5 heteroatoms. The highest BCUT2D eigenvalue weighted by atomic mass is 16.5. The average molecular weight is 348 g/mol. The molecule has 1 amide bonds. The molecule has 0 spiro atoms. The van der Waals surface area contributed by atoms with Crippen molar-refractivity contribution in [3.8, 4) is 0 Å². The number of nitrogens with zero attached hydrogens (tertiary/aromatic N) is 2. The Kier molecular flexibility index (Phi) is 5.49. The normalized spacial score (nSPS) is 11.6. The summed E-state index contributed by atoms with van der Waals surface area (Å²) in [5.74, 6) is -0.161. The fourth-order valence-electron chi connectivity index (χ4n) is 2.83. The number of hydrogen-bond acceptors (Lipinski definition) is 3. The van der Waals surface area contributed by atoms with Crippen LogP contribution >= 0.6 is 0 Å². The number of carbonyl (C=O) groups is 2. The van der Waals surface area contributed by atoms with E-state index in [-0.39, 0.29) is 5.91 Å². The summed E-state index contributed by atoms with van der Waals surface area (Å²) < 4.78 is 6.64. The zero-order chi connectivity index (χ0) is 18.4. The SMILES string of the molecule is CC(OC=O)n1cccc1C(=O)N(Cc1ccccc1)c1ccccc1. The Morgan fingerprint density at radius 3 is 2.35 bits per heavy atom. The Balaban J connectivity index is 1.96. The fraction of sp³-hybridized carbons (Fsp3) is 0.143. The molecule has 0 radical (unpaired) electrons. The first-order valence-corrected chi connectivity index (χ1v) is 8.37. The van der Waals surface area contributed by atoms with Gasteiger partial charge in [-0.15, -0.1) is 0 Å². The van der Waals surface area contributed by atoms with Crippen LogP contribution in [0.3, 0.4) is 0 Å². The number of amides is 1. The molecule has 1 aromatic heterocycles. The number of para-hydroxylation sites is 1. The molecule has 0 aliphatic rings. The van der Waals surface area contributed by atoms with Crippen LogP contribution in [0.25, 0.3) is 0 Å². The molecule has 0 aliphatic heterocycles. The number of rotatable bonds is 7. The molecule has 0 aliphatic carbocycles. The first-order chi connectivity index (χ1) is 12.7. The lowest BCUT2D eigenvalue weighted by Gasteiger charge is -2.25. The number of anilines is 1. The van der Waals surface area contributed by atoms with Gasteiger partial charge in [-0.1, -0.05) is 48.5 Å². The fourth-order valence-corrected chi connectivity index (χ4v) is 2.83. The Hall–Kier alpha value is -3.34. The summed E-state index contributed by atoms with van der Waals surface area (Å²) in [7, 11) is 0. The van der Waals surface area contributed by atoms with Crippen molar-refractivity contribution in [1.29, 1.82) is 0 Å². The van der Waals surface area contributed by atoms with Crippen LogP contribution in [0, 0.1) is 0 Å². The molecule has 0 fully saturated rings. The predicted octanol–water partition coefficient (Wildman–Crippen LogP) is 4.03. The highest BCUT2D eigenvalue weighted by molar-refractivity contribution is 6.05. The van der Waals surface area contributed by atoms with Crippen LogP contribution < -0.4 is 4.90 Å². The van der Waals surface area contributed by atoms with Crippen molar-refractivity contribution in [3.63, 3.8) is 0 Å². The van der Waals surface area contributed by atoms with Crippen LogP contribution in [0.5, 0.6) is 0 Å². The van der Waals surface area contributed by atoms with Gasteiger partial charge in [0.05, 0.1) is 6.54 Å². The molecule has 0 saturated heterocycles. The topological polar surface area (TPSA) is 51.5 Å². The van der Waals surface area contributed by atoms with E-state index in [1.54, 1.807) is 34.7 Å². The molecule has 0 N–H and O–H groups in total. The third kappa shape index (κ3) is 3.83. The molecular weight excluding hydrogens is 328 g/mol. The molecule has 1 heterocycles. The molecule has 5 nitrogen and oxygen atoms in total. The van der Waals surface area contributed by atoms with E-state index in [0.717, 1.165) is 11.3 Å². The number of ether oxygens (including phenoxy) is 1. The van der Waals surface area contributed by atoms with Gasteiger partial charge in [-0.25, -0.2) is 0 Å². The average Bonchev–Trinajstić information content (AvgIpc) is 3.17. The first kappa shape index (κ1) is 17.5. The second-order valence-electron chi connectivity index (χ2n) is 5.84. The van der Waals surface area contributed by atoms with E-state index in [1.807, 2.05) is 60.7 Å². The second-order valence-corrected chi connectivity index (χ2v) is 5.84. The second kappa shape index (κ2) is 8.16. The maximum Gasteiger partial charge on any atom is 0.295 e. The van der Waals surface area contributed by atoms with Gasteiger partial charge in [-0.2, -0.15) is 0 Å². The molecule has 0 saturated carbocycles. The quantitative estimate of drug-likeness (QED) is 0.606. The molecule has 2 aromatic carbocycles. The Labute approximate surface area is 152 Å². The van der Waals surface area contributed by atoms with Crippen molar-refractivity contribution in [3.05, 3.63) is 90.3 Å². The Morgan fingerprint density at radius 2 is 1.69 bits per heavy atom. The molecule has 0 bridgehead atoms. The number of hydrogen-bond donors (Lipinski definition) is 0. The Morgan fingerprint density at radius 1 is 1.04 bits per heavy atom. The van der Waals surface area contributed by atoms with E-state index in [2.05, 4.69) is 0 Å². The van der Waals surface area contributed by atoms with Crippen LogP contribution in [-0.4, -0.2) is 16.9 Å². The summed E-state index contributed by atoms with van der Waals surface area (Å²) in [6.45, 7) is 2.55. The van der Waals surface area contributed by atoms with E-state index in [4.69, 9.17) is 4.74 Å². The van der Waals surface area contributed by atoms with Crippen molar-refractivity contribution in [1.82, 2.24) is 4.57 Å². The highest BCUT2D eigenvalue weighted by Gasteiger charge is 2.22. The monoisotopic (exact) mass is 348 g/mol. The van der Waals surface area contributed by atoms with Gasteiger partial charge < -0.3 is 14.2 Å². The third-order valence-corrected chi connectivity index (χ3v) is 4.14. The summed E-state index contributed by atoms with van der Waals surface area (Å²) in [5, 5.41) is 0. The molecular formula is C21H20N2O3. The lowest BCUT2D eigenvalue weighted by molar-refractivity contribution is -0.136. The van der Waals surface area contributed by atoms with Crippen LogP contribution in [-0.2, 0) is 16.1 Å². The lowest BCUT2D eigenvalue weighted by atomic mass is 10.2. The number of carbonyl (C=O) groups excluding carboxylic acids is 2. The molecule has 1 atom stereocenters. The molecule has 3 rings (SSSR count). The minimum Gasteiger partial charge on any atom is -0.444 e. The van der Waals surface area contributed by atoms with Gasteiger partial charge in [-0.05, 0) is 36.8 Å². The minimum atomic E-state index is -0.559. The third-order valence-electron chi connectivity index (χ3n) is 4.14. The van der Waals surface area contributed by atoms with Gasteiger partial charge >= 0.3 is 0 Å². The van der Waals surface area contributed by atoms with Crippen LogP contribution in [0.1, 0.15) is 29.2 Å². The number of aromatic nitrogens is 1. The zero-order valence-electron chi connectivity index (χ0n) is 14.5. The predicted molar refractivity (Wildman–Crippen MR) is 99.7 cm³/mol. The summed E-state index contributed by atoms with van der Waals surface area (Å²) in [6.07, 6.45) is 1.17. The minimum absolute atomic E-state index is 0.161. The van der Waals surface area contributed by atoms with Gasteiger partial charge in [0.15, 0.2) is 6.23 Å². The molecule has 26 heavy (non-hydrogen) atoms. The van der Waals surface area contributed by atoms with Crippen molar-refractivity contribution in [2.75, 3.05) is 4.90 Å². The zero-order valence-corrected chi connectivity index (χ0v) is 14.5. The van der Waals surface area contributed by atoms with E-state index in [0.29, 0.717) is 18.7 Å². The van der Waals surface area contributed by atoms with Crippen molar-refractivity contribution in [2.24, 2.45) is 0 Å². The van der Waals surface area contributed by atoms with Crippen molar-refractivity contribution >= 4 is 18.1 Å². The Bertz CT molecular complexity index is 859. The van der Waals surface area contributed by atoms with E-state index in [1.165, 1.54) is 0 Å². The summed E-state index contributed by atoms with van der Waals surface area (Å²) >= 11 is 0. The summed E-state index contributed by atoms with van der Waals surface area (Å²) in [5.41, 5.74) is 2.29. The summed E-state index contributed by atoms with van der Waals surface area (Å²) in [6, 6.07) is 22.8. The smallest absolute Gasteiger partial charge is 0.295 e. The van der Waals surface area contributed by atoms with Crippen molar-refractivity contribution in [2.45, 2.75) is 19.7 Å².